The van der Waals surface area contributed by atoms with Crippen LogP contribution in [-0.2, 0) is 9.59 Å². The number of hydrogen-bond donors (Lipinski definition) is 0. The van der Waals surface area contributed by atoms with Crippen molar-refractivity contribution < 1.29 is 9.59 Å². The van der Waals surface area contributed by atoms with Crippen molar-refractivity contribution in [1.29, 1.82) is 0 Å². The van der Waals surface area contributed by atoms with Crippen molar-refractivity contribution in [3.8, 4) is 0 Å². The molecule has 0 heterocycles. The van der Waals surface area contributed by atoms with Crippen molar-refractivity contribution in [3.63, 3.8) is 0 Å². The highest BCUT2D eigenvalue weighted by molar-refractivity contribution is 5.87. The summed E-state index contributed by atoms with van der Waals surface area (Å²) in [4.78, 5) is 21.6. The molecule has 0 aromatic carbocycles. The predicted molar refractivity (Wildman–Crippen MR) is 42.1 cm³/mol. The molecule has 2 atom stereocenters. The first-order valence-corrected chi connectivity index (χ1v) is 3.88. The Morgan fingerprint density at radius 1 is 1.64 bits per heavy atom. The van der Waals surface area contributed by atoms with E-state index in [9.17, 15) is 9.59 Å². The molecule has 0 aromatic heterocycles. The number of carbonyl (C=O) groups excluding carboxylic acids is 2. The number of carbonyl (C=O) groups is 2. The van der Waals surface area contributed by atoms with Gasteiger partial charge in [0, 0.05) is 18.3 Å². The monoisotopic (exact) mass is 152 g/mol. The summed E-state index contributed by atoms with van der Waals surface area (Å²) in [6.07, 6.45) is 4.58. The first-order chi connectivity index (χ1) is 5.29. The van der Waals surface area contributed by atoms with E-state index < -0.39 is 0 Å². The van der Waals surface area contributed by atoms with Crippen LogP contribution in [0.1, 0.15) is 19.3 Å². The van der Waals surface area contributed by atoms with E-state index in [1.54, 1.807) is 6.08 Å². The quantitative estimate of drug-likeness (QED) is 0.452. The highest BCUT2D eigenvalue weighted by Crippen LogP contribution is 2.29. The summed E-state index contributed by atoms with van der Waals surface area (Å²) < 4.78 is 0. The molecule has 1 fully saturated rings. The van der Waals surface area contributed by atoms with Crippen LogP contribution in [0.3, 0.4) is 0 Å². The van der Waals surface area contributed by atoms with E-state index in [0.717, 1.165) is 12.7 Å². The Kier molecular flexibility index (Phi) is 2.58. The van der Waals surface area contributed by atoms with Gasteiger partial charge in [0.1, 0.15) is 12.1 Å². The topological polar surface area (TPSA) is 34.1 Å². The average Bonchev–Trinajstić information content (AvgIpc) is 2.34. The second-order valence-corrected chi connectivity index (χ2v) is 2.94. The molecule has 11 heavy (non-hydrogen) atoms. The van der Waals surface area contributed by atoms with Crippen LogP contribution < -0.4 is 0 Å². The average molecular weight is 152 g/mol. The van der Waals surface area contributed by atoms with E-state index >= 15 is 0 Å². The number of aldehydes is 1. The van der Waals surface area contributed by atoms with Gasteiger partial charge in [-0.15, -0.1) is 6.58 Å². The van der Waals surface area contributed by atoms with Crippen LogP contribution in [0.15, 0.2) is 12.7 Å². The fourth-order valence-electron chi connectivity index (χ4n) is 1.58. The standard InChI is InChI=1S/C9H12O2/c1-2-3-8-7(6-10)4-5-9(8)11/h2,6-8H,1,3-5H2/t7-,8-/m0/s1. The fourth-order valence-corrected chi connectivity index (χ4v) is 1.58. The van der Waals surface area contributed by atoms with Crippen molar-refractivity contribution in [2.45, 2.75) is 19.3 Å². The summed E-state index contributed by atoms with van der Waals surface area (Å²) in [7, 11) is 0. The zero-order valence-corrected chi connectivity index (χ0v) is 6.45. The Morgan fingerprint density at radius 3 is 2.91 bits per heavy atom. The molecule has 0 aromatic rings. The van der Waals surface area contributed by atoms with Crippen molar-refractivity contribution in [3.05, 3.63) is 12.7 Å². The zero-order valence-electron chi connectivity index (χ0n) is 6.45. The molecule has 0 unspecified atom stereocenters. The molecule has 0 radical (unpaired) electrons. The van der Waals surface area contributed by atoms with Gasteiger partial charge in [-0.1, -0.05) is 6.08 Å². The van der Waals surface area contributed by atoms with Crippen LogP contribution >= 0.6 is 0 Å². The Bertz CT molecular complexity index is 184. The molecular formula is C9H12O2. The number of ketones is 1. The molecule has 0 N–H and O–H groups in total. The summed E-state index contributed by atoms with van der Waals surface area (Å²) in [5.74, 6) is 0.118. The minimum atomic E-state index is -0.0648. The summed E-state index contributed by atoms with van der Waals surface area (Å²) in [6.45, 7) is 3.56. The summed E-state index contributed by atoms with van der Waals surface area (Å²) in [5.41, 5.74) is 0. The second-order valence-electron chi connectivity index (χ2n) is 2.94. The normalized spacial score (nSPS) is 30.4. The van der Waals surface area contributed by atoms with Crippen LogP contribution in [0, 0.1) is 11.8 Å². The van der Waals surface area contributed by atoms with Gasteiger partial charge >= 0.3 is 0 Å². The first-order valence-electron chi connectivity index (χ1n) is 3.88. The van der Waals surface area contributed by atoms with Gasteiger partial charge in [-0.25, -0.2) is 0 Å². The first kappa shape index (κ1) is 8.18. The summed E-state index contributed by atoms with van der Waals surface area (Å²) in [5, 5.41) is 0. The van der Waals surface area contributed by atoms with Gasteiger partial charge in [0.05, 0.1) is 0 Å². The molecule has 0 bridgehead atoms. The third-order valence-corrected chi connectivity index (χ3v) is 2.25. The van der Waals surface area contributed by atoms with E-state index in [0.29, 0.717) is 12.8 Å². The maximum absolute atomic E-state index is 11.1. The lowest BCUT2D eigenvalue weighted by atomic mass is 9.94. The summed E-state index contributed by atoms with van der Waals surface area (Å²) >= 11 is 0. The molecule has 1 aliphatic carbocycles. The van der Waals surface area contributed by atoms with Crippen molar-refractivity contribution >= 4 is 12.1 Å². The van der Waals surface area contributed by atoms with E-state index in [2.05, 4.69) is 6.58 Å². The molecule has 1 rings (SSSR count). The SMILES string of the molecule is C=CC[C@@H]1C(=O)CC[C@H]1C=O. The Morgan fingerprint density at radius 2 is 2.36 bits per heavy atom. The molecular weight excluding hydrogens is 140 g/mol. The van der Waals surface area contributed by atoms with Gasteiger partial charge in [0.2, 0.25) is 0 Å². The Balaban J connectivity index is 2.62. The van der Waals surface area contributed by atoms with E-state index in [-0.39, 0.29) is 17.6 Å². The van der Waals surface area contributed by atoms with Gasteiger partial charge < -0.3 is 4.79 Å². The van der Waals surface area contributed by atoms with Gasteiger partial charge in [-0.05, 0) is 12.8 Å². The zero-order chi connectivity index (χ0) is 8.27. The van der Waals surface area contributed by atoms with Crippen LogP contribution in [0.4, 0.5) is 0 Å². The van der Waals surface area contributed by atoms with E-state index in [1.165, 1.54) is 0 Å². The minimum Gasteiger partial charge on any atom is -0.303 e. The third kappa shape index (κ3) is 1.56. The van der Waals surface area contributed by atoms with Crippen molar-refractivity contribution in [1.82, 2.24) is 0 Å². The number of allylic oxidation sites excluding steroid dienone is 1. The van der Waals surface area contributed by atoms with Crippen LogP contribution in [0.2, 0.25) is 0 Å². The lowest BCUT2D eigenvalue weighted by Crippen LogP contribution is -2.14. The largest absolute Gasteiger partial charge is 0.303 e. The number of rotatable bonds is 3. The third-order valence-electron chi connectivity index (χ3n) is 2.25. The van der Waals surface area contributed by atoms with E-state index in [1.807, 2.05) is 0 Å². The molecule has 2 nitrogen and oxygen atoms in total. The maximum Gasteiger partial charge on any atom is 0.137 e. The maximum atomic E-state index is 11.1. The van der Waals surface area contributed by atoms with Crippen LogP contribution in [0.5, 0.6) is 0 Å². The highest BCUT2D eigenvalue weighted by atomic mass is 16.1. The molecule has 0 saturated heterocycles. The van der Waals surface area contributed by atoms with E-state index in [4.69, 9.17) is 0 Å². The van der Waals surface area contributed by atoms with Gasteiger partial charge in [-0.2, -0.15) is 0 Å². The second kappa shape index (κ2) is 3.46. The molecule has 60 valence electrons. The molecule has 0 aliphatic heterocycles. The number of hydrogen-bond acceptors (Lipinski definition) is 2. The molecule has 0 spiro atoms. The Labute approximate surface area is 66.3 Å². The van der Waals surface area contributed by atoms with Gasteiger partial charge in [0.25, 0.3) is 0 Å². The van der Waals surface area contributed by atoms with Crippen LogP contribution in [0.25, 0.3) is 0 Å². The van der Waals surface area contributed by atoms with Crippen molar-refractivity contribution in [2.24, 2.45) is 11.8 Å². The molecule has 0 amide bonds. The smallest absolute Gasteiger partial charge is 0.137 e. The van der Waals surface area contributed by atoms with Gasteiger partial charge in [-0.3, -0.25) is 4.79 Å². The highest BCUT2D eigenvalue weighted by Gasteiger charge is 2.32. The Hall–Kier alpha value is -0.920. The van der Waals surface area contributed by atoms with Crippen LogP contribution in [-0.4, -0.2) is 12.1 Å². The van der Waals surface area contributed by atoms with Crippen molar-refractivity contribution in [2.75, 3.05) is 0 Å². The fraction of sp³-hybridized carbons (Fsp3) is 0.556. The lowest BCUT2D eigenvalue weighted by molar-refractivity contribution is -0.123. The molecule has 1 aliphatic rings. The van der Waals surface area contributed by atoms with Gasteiger partial charge in [0.15, 0.2) is 0 Å². The lowest BCUT2D eigenvalue weighted by Gasteiger charge is -2.08. The summed E-state index contributed by atoms with van der Waals surface area (Å²) in [6, 6.07) is 0. The predicted octanol–water partition coefficient (Wildman–Crippen LogP) is 1.36. The minimum absolute atomic E-state index is 0.0412. The molecule has 1 saturated carbocycles. The molecule has 2 heteroatoms. The number of Topliss-reactive ketones (excluding diaryl/α,β-unsaturated/α-hetero) is 1.